The van der Waals surface area contributed by atoms with Gasteiger partial charge in [0.15, 0.2) is 11.4 Å². The van der Waals surface area contributed by atoms with Crippen molar-refractivity contribution in [1.29, 1.82) is 0 Å². The van der Waals surface area contributed by atoms with Crippen molar-refractivity contribution < 1.29 is 8.81 Å². The van der Waals surface area contributed by atoms with Gasteiger partial charge in [0.1, 0.15) is 0 Å². The molecule has 2 N–H and O–H groups in total. The molecule has 0 unspecified atom stereocenters. The topological polar surface area (TPSA) is 52.0 Å². The summed E-state index contributed by atoms with van der Waals surface area (Å²) in [6.07, 6.45) is 0. The predicted molar refractivity (Wildman–Crippen MR) is 39.8 cm³/mol. The highest BCUT2D eigenvalue weighted by atomic mass is 19.1. The Morgan fingerprint density at radius 3 is 2.27 bits per heavy atom. The fraction of sp³-hybridized carbons (Fsp3) is 0.571. The number of nitrogen functional groups attached to an aromatic ring is 1. The molecule has 0 saturated heterocycles. The third-order valence-corrected chi connectivity index (χ3v) is 1.35. The molecule has 0 spiro atoms. The molecule has 0 aliphatic carbocycles. The van der Waals surface area contributed by atoms with Crippen LogP contribution in [0, 0.1) is 6.92 Å². The number of anilines is 1. The van der Waals surface area contributed by atoms with Gasteiger partial charge in [-0.15, -0.1) is 0 Å². The minimum absolute atomic E-state index is 0.0169. The molecule has 1 rings (SSSR count). The number of aryl methyl sites for hydroxylation is 1. The average Bonchev–Trinajstić information content (AvgIpc) is 2.08. The van der Waals surface area contributed by atoms with Crippen molar-refractivity contribution in [2.45, 2.75) is 26.4 Å². The minimum atomic E-state index is -1.51. The van der Waals surface area contributed by atoms with Crippen LogP contribution in [0.15, 0.2) is 4.42 Å². The van der Waals surface area contributed by atoms with Gasteiger partial charge in [-0.1, -0.05) is 0 Å². The molecule has 0 aromatic carbocycles. The summed E-state index contributed by atoms with van der Waals surface area (Å²) in [7, 11) is 0. The first-order chi connectivity index (χ1) is 4.91. The molecule has 0 radical (unpaired) electrons. The average molecular weight is 158 g/mol. The summed E-state index contributed by atoms with van der Waals surface area (Å²) in [6, 6.07) is 0.0169. The van der Waals surface area contributed by atoms with E-state index in [4.69, 9.17) is 10.2 Å². The molecular formula is C7H11FN2O. The summed E-state index contributed by atoms with van der Waals surface area (Å²) in [5.74, 6) is 0.204. The van der Waals surface area contributed by atoms with Gasteiger partial charge in [-0.05, 0) is 20.8 Å². The number of hydrogen-bond acceptors (Lipinski definition) is 3. The summed E-state index contributed by atoms with van der Waals surface area (Å²) in [5, 5.41) is 0. The molecule has 11 heavy (non-hydrogen) atoms. The number of rotatable bonds is 1. The quantitative estimate of drug-likeness (QED) is 0.677. The molecule has 4 heteroatoms. The van der Waals surface area contributed by atoms with Crippen LogP contribution in [-0.2, 0) is 5.67 Å². The molecule has 0 amide bonds. The van der Waals surface area contributed by atoms with Crippen LogP contribution in [0.1, 0.15) is 25.3 Å². The number of aromatic nitrogens is 1. The van der Waals surface area contributed by atoms with Gasteiger partial charge in [-0.3, -0.25) is 0 Å². The molecule has 1 aromatic heterocycles. The Labute approximate surface area is 64.4 Å². The molecule has 0 bridgehead atoms. The summed E-state index contributed by atoms with van der Waals surface area (Å²) in [5.41, 5.74) is 4.24. The molecule has 0 fully saturated rings. The predicted octanol–water partition coefficient (Wildman–Crippen LogP) is 1.77. The Morgan fingerprint density at radius 1 is 1.55 bits per heavy atom. The highest BCUT2D eigenvalue weighted by Crippen LogP contribution is 2.28. The molecule has 1 heterocycles. The highest BCUT2D eigenvalue weighted by Gasteiger charge is 2.26. The van der Waals surface area contributed by atoms with Crippen molar-refractivity contribution >= 4 is 6.01 Å². The molecule has 62 valence electrons. The molecule has 0 atom stereocenters. The zero-order valence-corrected chi connectivity index (χ0v) is 6.81. The maximum atomic E-state index is 13.2. The van der Waals surface area contributed by atoms with Gasteiger partial charge < -0.3 is 10.2 Å². The van der Waals surface area contributed by atoms with E-state index in [1.807, 2.05) is 0 Å². The summed E-state index contributed by atoms with van der Waals surface area (Å²) in [4.78, 5) is 3.75. The smallest absolute Gasteiger partial charge is 0.292 e. The molecule has 3 nitrogen and oxygen atoms in total. The van der Waals surface area contributed by atoms with E-state index in [0.29, 0.717) is 5.69 Å². The lowest BCUT2D eigenvalue weighted by Crippen LogP contribution is -2.09. The van der Waals surface area contributed by atoms with Gasteiger partial charge in [0, 0.05) is 0 Å². The van der Waals surface area contributed by atoms with Gasteiger partial charge in [0.2, 0.25) is 0 Å². The fourth-order valence-electron chi connectivity index (χ4n) is 0.969. The van der Waals surface area contributed by atoms with Crippen LogP contribution in [0.25, 0.3) is 0 Å². The Balaban J connectivity index is 3.13. The number of hydrogen-bond donors (Lipinski definition) is 1. The van der Waals surface area contributed by atoms with E-state index in [0.717, 1.165) is 0 Å². The SMILES string of the molecule is Cc1nc(N)oc1C(C)(C)F. The first-order valence-electron chi connectivity index (χ1n) is 3.33. The number of nitrogens with zero attached hydrogens (tertiary/aromatic N) is 1. The van der Waals surface area contributed by atoms with Crippen LogP contribution in [0.2, 0.25) is 0 Å². The maximum absolute atomic E-state index is 13.2. The van der Waals surface area contributed by atoms with Crippen molar-refractivity contribution in [3.05, 3.63) is 11.5 Å². The Bertz CT molecular complexity index is 262. The van der Waals surface area contributed by atoms with Crippen LogP contribution < -0.4 is 5.73 Å². The zero-order chi connectivity index (χ0) is 8.65. The second-order valence-electron chi connectivity index (χ2n) is 2.94. The number of oxazole rings is 1. The Hall–Kier alpha value is -1.06. The van der Waals surface area contributed by atoms with E-state index in [2.05, 4.69) is 4.98 Å². The van der Waals surface area contributed by atoms with Crippen molar-refractivity contribution in [3.8, 4) is 0 Å². The normalized spacial score (nSPS) is 12.0. The van der Waals surface area contributed by atoms with E-state index in [9.17, 15) is 4.39 Å². The molecule has 0 aliphatic heterocycles. The molecule has 1 aromatic rings. The second-order valence-corrected chi connectivity index (χ2v) is 2.94. The second kappa shape index (κ2) is 2.22. The van der Waals surface area contributed by atoms with Crippen molar-refractivity contribution in [1.82, 2.24) is 4.98 Å². The van der Waals surface area contributed by atoms with Gasteiger partial charge >= 0.3 is 0 Å². The van der Waals surface area contributed by atoms with Crippen molar-refractivity contribution in [2.75, 3.05) is 5.73 Å². The first-order valence-corrected chi connectivity index (χ1v) is 3.33. The third-order valence-electron chi connectivity index (χ3n) is 1.35. The van der Waals surface area contributed by atoms with E-state index in [1.165, 1.54) is 13.8 Å². The van der Waals surface area contributed by atoms with E-state index in [1.54, 1.807) is 6.92 Å². The summed E-state index contributed by atoms with van der Waals surface area (Å²) >= 11 is 0. The number of alkyl halides is 1. The number of halogens is 1. The van der Waals surface area contributed by atoms with Crippen LogP contribution in [0.4, 0.5) is 10.4 Å². The summed E-state index contributed by atoms with van der Waals surface area (Å²) in [6.45, 7) is 4.47. The van der Waals surface area contributed by atoms with E-state index < -0.39 is 5.67 Å². The largest absolute Gasteiger partial charge is 0.425 e. The monoisotopic (exact) mass is 158 g/mol. The zero-order valence-electron chi connectivity index (χ0n) is 6.81. The van der Waals surface area contributed by atoms with Crippen LogP contribution >= 0.6 is 0 Å². The third kappa shape index (κ3) is 1.50. The van der Waals surface area contributed by atoms with Gasteiger partial charge in [0.05, 0.1) is 5.69 Å². The minimum Gasteiger partial charge on any atom is -0.425 e. The highest BCUT2D eigenvalue weighted by molar-refractivity contribution is 5.22. The first kappa shape index (κ1) is 8.04. The van der Waals surface area contributed by atoms with Crippen LogP contribution in [-0.4, -0.2) is 4.98 Å². The van der Waals surface area contributed by atoms with Gasteiger partial charge in [-0.25, -0.2) is 4.39 Å². The van der Waals surface area contributed by atoms with Crippen molar-refractivity contribution in [3.63, 3.8) is 0 Å². The van der Waals surface area contributed by atoms with Crippen molar-refractivity contribution in [2.24, 2.45) is 0 Å². The fourth-order valence-corrected chi connectivity index (χ4v) is 0.969. The standard InChI is InChI=1S/C7H11FN2O/c1-4-5(7(2,3)8)11-6(9)10-4/h1-3H3,(H2,9,10). The molecular weight excluding hydrogens is 147 g/mol. The van der Waals surface area contributed by atoms with Gasteiger partial charge in [-0.2, -0.15) is 4.98 Å². The molecule has 0 aliphatic rings. The Kier molecular flexibility index (Phi) is 1.62. The lowest BCUT2D eigenvalue weighted by Gasteiger charge is -2.09. The molecule has 0 saturated carbocycles. The number of nitrogens with two attached hydrogens (primary N) is 1. The summed E-state index contributed by atoms with van der Waals surface area (Å²) < 4.78 is 18.1. The Morgan fingerprint density at radius 2 is 2.09 bits per heavy atom. The van der Waals surface area contributed by atoms with E-state index >= 15 is 0 Å². The van der Waals surface area contributed by atoms with Crippen LogP contribution in [0.3, 0.4) is 0 Å². The lowest BCUT2D eigenvalue weighted by atomic mass is 10.1. The van der Waals surface area contributed by atoms with Gasteiger partial charge in [0.25, 0.3) is 6.01 Å². The lowest BCUT2D eigenvalue weighted by molar-refractivity contribution is 0.179. The van der Waals surface area contributed by atoms with Crippen LogP contribution in [0.5, 0.6) is 0 Å². The maximum Gasteiger partial charge on any atom is 0.292 e. The van der Waals surface area contributed by atoms with E-state index in [-0.39, 0.29) is 11.8 Å².